The highest BCUT2D eigenvalue weighted by molar-refractivity contribution is 7.18. The molecule has 4 aromatic rings. The average molecular weight is 415 g/mol. The van der Waals surface area contributed by atoms with E-state index >= 15 is 0 Å². The highest BCUT2D eigenvalue weighted by Gasteiger charge is 2.25. The predicted octanol–water partition coefficient (Wildman–Crippen LogP) is 5.34. The Balaban J connectivity index is 1.64. The van der Waals surface area contributed by atoms with Gasteiger partial charge in [0.1, 0.15) is 4.88 Å². The molecule has 1 fully saturated rings. The predicted molar refractivity (Wildman–Crippen MR) is 123 cm³/mol. The number of ketones is 1. The maximum absolute atomic E-state index is 13.7. The molecule has 2 heterocycles. The van der Waals surface area contributed by atoms with Gasteiger partial charge < -0.3 is 9.64 Å². The normalized spacial score (nSPS) is 14.2. The van der Waals surface area contributed by atoms with Crippen molar-refractivity contribution in [2.75, 3.05) is 31.2 Å². The van der Waals surface area contributed by atoms with E-state index in [0.29, 0.717) is 18.1 Å². The largest absolute Gasteiger partial charge is 0.378 e. The van der Waals surface area contributed by atoms with Crippen LogP contribution >= 0.6 is 11.3 Å². The molecule has 1 aliphatic heterocycles. The lowest BCUT2D eigenvalue weighted by atomic mass is 9.99. The van der Waals surface area contributed by atoms with Crippen LogP contribution in [0.5, 0.6) is 0 Å². The number of ether oxygens (including phenoxy) is 1. The van der Waals surface area contributed by atoms with Crippen molar-refractivity contribution in [3.05, 3.63) is 82.7 Å². The number of morpholine rings is 1. The highest BCUT2D eigenvalue weighted by Crippen LogP contribution is 2.36. The molecule has 0 atom stereocenters. The summed E-state index contributed by atoms with van der Waals surface area (Å²) in [6.45, 7) is 5.02. The Morgan fingerprint density at radius 2 is 1.70 bits per heavy atom. The van der Waals surface area contributed by atoms with E-state index in [1.165, 1.54) is 16.9 Å². The Kier molecular flexibility index (Phi) is 5.07. The summed E-state index contributed by atoms with van der Waals surface area (Å²) in [6, 6.07) is 22.2. The Morgan fingerprint density at radius 1 is 0.967 bits per heavy atom. The fourth-order valence-corrected chi connectivity index (χ4v) is 4.90. The van der Waals surface area contributed by atoms with Gasteiger partial charge in [-0.05, 0) is 17.7 Å². The van der Waals surface area contributed by atoms with Gasteiger partial charge in [-0.2, -0.15) is 0 Å². The summed E-state index contributed by atoms with van der Waals surface area (Å²) in [7, 11) is 0. The Bertz CT molecular complexity index is 1200. The minimum Gasteiger partial charge on any atom is -0.378 e. The second kappa shape index (κ2) is 8.01. The molecule has 0 unspecified atom stereocenters. The first-order chi connectivity index (χ1) is 14.7. The van der Waals surface area contributed by atoms with Crippen molar-refractivity contribution >= 4 is 33.0 Å². The third-order valence-corrected chi connectivity index (χ3v) is 6.58. The number of benzene rings is 3. The number of nitrogens with zero attached hydrogens (tertiary/aromatic N) is 2. The number of anilines is 1. The van der Waals surface area contributed by atoms with Crippen LogP contribution in [0.1, 0.15) is 20.8 Å². The fraction of sp³-hybridized carbons (Fsp3) is 0.200. The molecule has 150 valence electrons. The van der Waals surface area contributed by atoms with Gasteiger partial charge in [-0.3, -0.25) is 4.79 Å². The van der Waals surface area contributed by atoms with Crippen molar-refractivity contribution in [2.24, 2.45) is 0 Å². The lowest BCUT2D eigenvalue weighted by Crippen LogP contribution is -2.36. The molecule has 3 aromatic carbocycles. The molecular weight excluding hydrogens is 392 g/mol. The minimum absolute atomic E-state index is 0.0272. The molecule has 1 aliphatic rings. The minimum atomic E-state index is 0.0272. The summed E-state index contributed by atoms with van der Waals surface area (Å²) in [5.74, 6) is 0.0272. The first-order valence-electron chi connectivity index (χ1n) is 10.1. The van der Waals surface area contributed by atoms with Crippen molar-refractivity contribution in [2.45, 2.75) is 6.92 Å². The Hall–Kier alpha value is -3.02. The molecule has 0 bridgehead atoms. The first-order valence-corrected chi connectivity index (χ1v) is 11.0. The number of fused-ring (bicyclic) bond motifs is 1. The number of thiazole rings is 1. The van der Waals surface area contributed by atoms with Crippen LogP contribution in [0.4, 0.5) is 5.13 Å². The molecule has 0 amide bonds. The van der Waals surface area contributed by atoms with Crippen LogP contribution in [0.25, 0.3) is 22.0 Å². The van der Waals surface area contributed by atoms with Crippen LogP contribution in [-0.2, 0) is 4.74 Å². The van der Waals surface area contributed by atoms with E-state index in [0.717, 1.165) is 45.8 Å². The monoisotopic (exact) mass is 414 g/mol. The molecule has 0 radical (unpaired) electrons. The fourth-order valence-electron chi connectivity index (χ4n) is 3.81. The molecule has 30 heavy (non-hydrogen) atoms. The molecule has 5 rings (SSSR count). The lowest BCUT2D eigenvalue weighted by Gasteiger charge is -2.26. The lowest BCUT2D eigenvalue weighted by molar-refractivity contribution is 0.104. The zero-order valence-corrected chi connectivity index (χ0v) is 17.6. The SMILES string of the molecule is Cc1ccc(-c2nc(N3CCOCC3)sc2C(=O)c2cccc3ccccc23)cc1. The molecule has 4 nitrogen and oxygen atoms in total. The molecular formula is C25H22N2O2S. The number of carbonyl (C=O) groups is 1. The van der Waals surface area contributed by atoms with Gasteiger partial charge in [-0.1, -0.05) is 83.6 Å². The molecule has 5 heteroatoms. The topological polar surface area (TPSA) is 42.4 Å². The van der Waals surface area contributed by atoms with E-state index < -0.39 is 0 Å². The second-order valence-corrected chi connectivity index (χ2v) is 8.47. The van der Waals surface area contributed by atoms with Gasteiger partial charge in [0.2, 0.25) is 5.78 Å². The summed E-state index contributed by atoms with van der Waals surface area (Å²) in [6.07, 6.45) is 0. The quantitative estimate of drug-likeness (QED) is 0.423. The molecule has 0 N–H and O–H groups in total. The average Bonchev–Trinajstić information content (AvgIpc) is 3.25. The molecule has 0 aliphatic carbocycles. The maximum atomic E-state index is 13.7. The van der Waals surface area contributed by atoms with Crippen molar-refractivity contribution in [3.8, 4) is 11.3 Å². The van der Waals surface area contributed by atoms with Crippen molar-refractivity contribution in [1.82, 2.24) is 4.98 Å². The Labute approximate surface area is 179 Å². The van der Waals surface area contributed by atoms with Crippen LogP contribution < -0.4 is 4.90 Å². The molecule has 1 saturated heterocycles. The van der Waals surface area contributed by atoms with E-state index in [-0.39, 0.29) is 5.78 Å². The van der Waals surface area contributed by atoms with Crippen LogP contribution in [0.2, 0.25) is 0 Å². The van der Waals surface area contributed by atoms with Crippen molar-refractivity contribution in [3.63, 3.8) is 0 Å². The summed E-state index contributed by atoms with van der Waals surface area (Å²) in [4.78, 5) is 21.6. The third-order valence-electron chi connectivity index (χ3n) is 5.46. The van der Waals surface area contributed by atoms with Crippen LogP contribution in [0.3, 0.4) is 0 Å². The second-order valence-electron chi connectivity index (χ2n) is 7.50. The van der Waals surface area contributed by atoms with Gasteiger partial charge in [-0.15, -0.1) is 0 Å². The first kappa shape index (κ1) is 19.0. The number of hydrogen-bond acceptors (Lipinski definition) is 5. The van der Waals surface area contributed by atoms with E-state index in [2.05, 4.69) is 24.0 Å². The van der Waals surface area contributed by atoms with Gasteiger partial charge in [0.05, 0.1) is 18.9 Å². The van der Waals surface area contributed by atoms with Gasteiger partial charge in [0.15, 0.2) is 5.13 Å². The van der Waals surface area contributed by atoms with E-state index in [1.54, 1.807) is 0 Å². The number of aromatic nitrogens is 1. The van der Waals surface area contributed by atoms with E-state index in [4.69, 9.17) is 9.72 Å². The summed E-state index contributed by atoms with van der Waals surface area (Å²) in [5.41, 5.74) is 3.64. The zero-order valence-electron chi connectivity index (χ0n) is 16.8. The molecule has 1 aromatic heterocycles. The van der Waals surface area contributed by atoms with Gasteiger partial charge in [0.25, 0.3) is 0 Å². The summed E-state index contributed by atoms with van der Waals surface area (Å²) >= 11 is 1.49. The van der Waals surface area contributed by atoms with Gasteiger partial charge in [0, 0.05) is 24.2 Å². The number of carbonyl (C=O) groups excluding carboxylic acids is 1. The van der Waals surface area contributed by atoms with Gasteiger partial charge in [-0.25, -0.2) is 4.98 Å². The third kappa shape index (κ3) is 3.51. The number of hydrogen-bond donors (Lipinski definition) is 0. The van der Waals surface area contributed by atoms with Crippen molar-refractivity contribution < 1.29 is 9.53 Å². The summed E-state index contributed by atoms with van der Waals surface area (Å²) < 4.78 is 5.49. The van der Waals surface area contributed by atoms with Crippen LogP contribution in [-0.4, -0.2) is 37.1 Å². The highest BCUT2D eigenvalue weighted by atomic mass is 32.1. The van der Waals surface area contributed by atoms with E-state index in [1.807, 2.05) is 54.6 Å². The Morgan fingerprint density at radius 3 is 2.50 bits per heavy atom. The zero-order chi connectivity index (χ0) is 20.5. The van der Waals surface area contributed by atoms with E-state index in [9.17, 15) is 4.79 Å². The van der Waals surface area contributed by atoms with Crippen LogP contribution in [0, 0.1) is 6.92 Å². The smallest absolute Gasteiger partial charge is 0.205 e. The number of rotatable bonds is 4. The maximum Gasteiger partial charge on any atom is 0.205 e. The van der Waals surface area contributed by atoms with Crippen molar-refractivity contribution in [1.29, 1.82) is 0 Å². The standard InChI is InChI=1S/C25H22N2O2S/c1-17-9-11-19(12-10-17)22-24(30-25(26-22)27-13-15-29-16-14-27)23(28)21-8-4-6-18-5-2-3-7-20(18)21/h2-12H,13-16H2,1H3. The van der Waals surface area contributed by atoms with Gasteiger partial charge >= 0.3 is 0 Å². The molecule has 0 spiro atoms. The summed E-state index contributed by atoms with van der Waals surface area (Å²) in [5, 5.41) is 2.93. The number of aryl methyl sites for hydroxylation is 1. The van der Waals surface area contributed by atoms with Crippen LogP contribution in [0.15, 0.2) is 66.7 Å². The molecule has 0 saturated carbocycles.